The van der Waals surface area contributed by atoms with Gasteiger partial charge in [0.05, 0.1) is 5.52 Å². The second-order valence-electron chi connectivity index (χ2n) is 7.65. The lowest BCUT2D eigenvalue weighted by atomic mass is 10.0. The Balaban J connectivity index is 1.42. The van der Waals surface area contributed by atoms with E-state index in [2.05, 4.69) is 40.8 Å². The van der Waals surface area contributed by atoms with Crippen molar-refractivity contribution in [2.45, 2.75) is 25.2 Å². The topological polar surface area (TPSA) is 44.9 Å². The number of hydrogen-bond donors (Lipinski definition) is 2. The molecule has 0 atom stereocenters. The standard InChI is InChI=1S/C26H25FN2OS/c1-16-4-13-23(27)25-24(16)22(17(2)29-25)14-15-28-26(30)20-7-5-18(6-8-20)19-9-11-21(31-3)12-10-19/h4-13,29H,14-15H2,1-3H3,(H,28,30). The molecule has 4 rings (SSSR count). The first kappa shape index (κ1) is 21.2. The Kier molecular flexibility index (Phi) is 6.14. The number of fused-ring (bicyclic) bond motifs is 1. The minimum atomic E-state index is -0.248. The molecule has 4 aromatic rings. The number of halogens is 1. The van der Waals surface area contributed by atoms with Crippen molar-refractivity contribution < 1.29 is 9.18 Å². The van der Waals surface area contributed by atoms with Gasteiger partial charge in [0.25, 0.3) is 5.91 Å². The Morgan fingerprint density at radius 2 is 1.61 bits per heavy atom. The Morgan fingerprint density at radius 3 is 2.26 bits per heavy atom. The van der Waals surface area contributed by atoms with Gasteiger partial charge >= 0.3 is 0 Å². The van der Waals surface area contributed by atoms with Crippen molar-refractivity contribution in [1.82, 2.24) is 10.3 Å². The molecular weight excluding hydrogens is 407 g/mol. The number of aromatic nitrogens is 1. The fourth-order valence-corrected chi connectivity index (χ4v) is 4.36. The molecule has 0 saturated carbocycles. The summed E-state index contributed by atoms with van der Waals surface area (Å²) in [6.07, 6.45) is 2.70. The molecule has 0 saturated heterocycles. The maximum absolute atomic E-state index is 14.1. The van der Waals surface area contributed by atoms with Crippen molar-refractivity contribution in [2.75, 3.05) is 12.8 Å². The lowest BCUT2D eigenvalue weighted by Gasteiger charge is -2.08. The monoisotopic (exact) mass is 432 g/mol. The lowest BCUT2D eigenvalue weighted by molar-refractivity contribution is 0.0954. The average molecular weight is 433 g/mol. The fourth-order valence-electron chi connectivity index (χ4n) is 3.96. The van der Waals surface area contributed by atoms with E-state index in [4.69, 9.17) is 0 Å². The molecule has 3 nitrogen and oxygen atoms in total. The van der Waals surface area contributed by atoms with Gasteiger partial charge in [-0.3, -0.25) is 4.79 Å². The van der Waals surface area contributed by atoms with Gasteiger partial charge in [-0.1, -0.05) is 30.3 Å². The maximum atomic E-state index is 14.1. The number of hydrogen-bond acceptors (Lipinski definition) is 2. The molecule has 0 fully saturated rings. The van der Waals surface area contributed by atoms with E-state index >= 15 is 0 Å². The third-order valence-electron chi connectivity index (χ3n) is 5.66. The zero-order chi connectivity index (χ0) is 22.0. The third-order valence-corrected chi connectivity index (χ3v) is 6.40. The van der Waals surface area contributed by atoms with Crippen molar-refractivity contribution in [2.24, 2.45) is 0 Å². The molecule has 0 bridgehead atoms. The highest BCUT2D eigenvalue weighted by atomic mass is 32.2. The third kappa shape index (κ3) is 4.37. The summed E-state index contributed by atoms with van der Waals surface area (Å²) in [5.74, 6) is -0.355. The van der Waals surface area contributed by atoms with Crippen LogP contribution in [0.4, 0.5) is 4.39 Å². The van der Waals surface area contributed by atoms with Crippen LogP contribution in [0, 0.1) is 19.7 Å². The summed E-state index contributed by atoms with van der Waals surface area (Å²) in [5.41, 5.74) is 6.40. The summed E-state index contributed by atoms with van der Waals surface area (Å²) in [4.78, 5) is 17.0. The summed E-state index contributed by atoms with van der Waals surface area (Å²) in [5, 5.41) is 3.91. The van der Waals surface area contributed by atoms with Gasteiger partial charge in [-0.2, -0.15) is 0 Å². The van der Waals surface area contributed by atoms with Crippen LogP contribution in [-0.4, -0.2) is 23.7 Å². The Morgan fingerprint density at radius 1 is 0.968 bits per heavy atom. The van der Waals surface area contributed by atoms with Gasteiger partial charge in [-0.25, -0.2) is 4.39 Å². The van der Waals surface area contributed by atoms with Crippen LogP contribution in [0.15, 0.2) is 65.6 Å². The van der Waals surface area contributed by atoms with E-state index in [1.807, 2.05) is 38.1 Å². The normalized spacial score (nSPS) is 11.1. The molecule has 5 heteroatoms. The number of nitrogens with one attached hydrogen (secondary N) is 2. The van der Waals surface area contributed by atoms with Crippen LogP contribution in [0.3, 0.4) is 0 Å². The zero-order valence-corrected chi connectivity index (χ0v) is 18.7. The van der Waals surface area contributed by atoms with Crippen molar-refractivity contribution in [1.29, 1.82) is 0 Å². The van der Waals surface area contributed by atoms with Gasteiger partial charge < -0.3 is 10.3 Å². The van der Waals surface area contributed by atoms with Gasteiger partial charge in [-0.05, 0) is 79.1 Å². The molecule has 158 valence electrons. The number of rotatable bonds is 6. The molecule has 31 heavy (non-hydrogen) atoms. The number of amides is 1. The van der Waals surface area contributed by atoms with Gasteiger partial charge in [0.1, 0.15) is 5.82 Å². The van der Waals surface area contributed by atoms with Crippen molar-refractivity contribution in [3.8, 4) is 11.1 Å². The summed E-state index contributed by atoms with van der Waals surface area (Å²) in [7, 11) is 0. The van der Waals surface area contributed by atoms with Crippen molar-refractivity contribution in [3.63, 3.8) is 0 Å². The SMILES string of the molecule is CSc1ccc(-c2ccc(C(=O)NCCc3c(C)[nH]c4c(F)ccc(C)c34)cc2)cc1. The molecule has 1 heterocycles. The van der Waals surface area contributed by atoms with Crippen LogP contribution in [0.2, 0.25) is 0 Å². The molecule has 0 unspecified atom stereocenters. The number of benzene rings is 3. The van der Waals surface area contributed by atoms with Crippen LogP contribution in [-0.2, 0) is 6.42 Å². The number of H-pyrrole nitrogens is 1. The van der Waals surface area contributed by atoms with Crippen molar-refractivity contribution >= 4 is 28.6 Å². The molecule has 0 spiro atoms. The number of carbonyl (C=O) groups excluding carboxylic acids is 1. The summed E-state index contributed by atoms with van der Waals surface area (Å²) in [6.45, 7) is 4.41. The second-order valence-corrected chi connectivity index (χ2v) is 8.53. The molecule has 1 aromatic heterocycles. The highest BCUT2D eigenvalue weighted by molar-refractivity contribution is 7.98. The van der Waals surface area contributed by atoms with Gasteiger partial charge in [0, 0.05) is 28.1 Å². The molecular formula is C26H25FN2OS. The van der Waals surface area contributed by atoms with E-state index in [1.54, 1.807) is 17.8 Å². The van der Waals surface area contributed by atoms with Gasteiger partial charge in [0.2, 0.25) is 0 Å². The Labute approximate surface area is 186 Å². The minimum absolute atomic E-state index is 0.107. The van der Waals surface area contributed by atoms with Gasteiger partial charge in [0.15, 0.2) is 0 Å². The molecule has 0 aliphatic heterocycles. The van der Waals surface area contributed by atoms with E-state index in [1.165, 1.54) is 11.0 Å². The average Bonchev–Trinajstić information content (AvgIpc) is 3.14. The largest absolute Gasteiger partial charge is 0.356 e. The number of aromatic amines is 1. The van der Waals surface area contributed by atoms with E-state index in [9.17, 15) is 9.18 Å². The van der Waals surface area contributed by atoms with Crippen LogP contribution >= 0.6 is 11.8 Å². The summed E-state index contributed by atoms with van der Waals surface area (Å²) >= 11 is 1.71. The van der Waals surface area contributed by atoms with E-state index < -0.39 is 0 Å². The van der Waals surface area contributed by atoms with Crippen LogP contribution < -0.4 is 5.32 Å². The minimum Gasteiger partial charge on any atom is -0.356 e. The molecule has 0 aliphatic rings. The molecule has 1 amide bonds. The smallest absolute Gasteiger partial charge is 0.251 e. The van der Waals surface area contributed by atoms with Crippen LogP contribution in [0.25, 0.3) is 22.0 Å². The number of aryl methyl sites for hydroxylation is 2. The molecule has 2 N–H and O–H groups in total. The lowest BCUT2D eigenvalue weighted by Crippen LogP contribution is -2.25. The van der Waals surface area contributed by atoms with E-state index in [0.717, 1.165) is 33.3 Å². The Bertz CT molecular complexity index is 1230. The van der Waals surface area contributed by atoms with Crippen LogP contribution in [0.1, 0.15) is 27.2 Å². The predicted octanol–water partition coefficient (Wildman–Crippen LogP) is 6.29. The highest BCUT2D eigenvalue weighted by Gasteiger charge is 2.14. The van der Waals surface area contributed by atoms with Crippen LogP contribution in [0.5, 0.6) is 0 Å². The van der Waals surface area contributed by atoms with E-state index in [0.29, 0.717) is 24.0 Å². The fraction of sp³-hybridized carbons (Fsp3) is 0.192. The van der Waals surface area contributed by atoms with Crippen molar-refractivity contribution in [3.05, 3.63) is 88.9 Å². The summed E-state index contributed by atoms with van der Waals surface area (Å²) in [6, 6.07) is 19.3. The quantitative estimate of drug-likeness (QED) is 0.352. The first-order valence-corrected chi connectivity index (χ1v) is 11.5. The maximum Gasteiger partial charge on any atom is 0.251 e. The zero-order valence-electron chi connectivity index (χ0n) is 17.9. The van der Waals surface area contributed by atoms with Gasteiger partial charge in [-0.15, -0.1) is 11.8 Å². The summed E-state index contributed by atoms with van der Waals surface area (Å²) < 4.78 is 14.1. The Hall–Kier alpha value is -3.05. The first-order chi connectivity index (χ1) is 15.0. The number of thioether (sulfide) groups is 1. The highest BCUT2D eigenvalue weighted by Crippen LogP contribution is 2.28. The molecule has 3 aromatic carbocycles. The molecule has 0 radical (unpaired) electrons. The molecule has 0 aliphatic carbocycles. The number of carbonyl (C=O) groups is 1. The predicted molar refractivity (Wildman–Crippen MR) is 127 cm³/mol. The van der Waals surface area contributed by atoms with E-state index in [-0.39, 0.29) is 11.7 Å². The second kappa shape index (κ2) is 8.98. The first-order valence-electron chi connectivity index (χ1n) is 10.3.